The van der Waals surface area contributed by atoms with Crippen molar-refractivity contribution in [3.8, 4) is 5.75 Å². The lowest BCUT2D eigenvalue weighted by Crippen LogP contribution is -2.16. The number of fused-ring (bicyclic) bond motifs is 1. The van der Waals surface area contributed by atoms with Gasteiger partial charge in [0.25, 0.3) is 5.91 Å². The Balaban J connectivity index is 1.88. The minimum Gasteiger partial charge on any atom is -0.434 e. The largest absolute Gasteiger partial charge is 0.434 e. The maximum Gasteiger partial charge on any atom is 0.387 e. The average molecular weight is 387 g/mol. The molecule has 0 radical (unpaired) electrons. The number of halogens is 2. The quantitative estimate of drug-likeness (QED) is 0.643. The molecule has 0 unspecified atom stereocenters. The predicted octanol–water partition coefficient (Wildman–Crippen LogP) is 6.11. The lowest BCUT2D eigenvalue weighted by Gasteiger charge is -2.19. The fraction of sp³-hybridized carbons (Fsp3) is 0.435. The van der Waals surface area contributed by atoms with Gasteiger partial charge in [0, 0.05) is 5.69 Å². The molecule has 0 fully saturated rings. The van der Waals surface area contributed by atoms with E-state index in [1.807, 2.05) is 24.3 Å². The van der Waals surface area contributed by atoms with Crippen molar-refractivity contribution >= 4 is 11.6 Å². The summed E-state index contributed by atoms with van der Waals surface area (Å²) < 4.78 is 30.5. The summed E-state index contributed by atoms with van der Waals surface area (Å²) >= 11 is 0. The van der Waals surface area contributed by atoms with Crippen LogP contribution in [0.4, 0.5) is 14.5 Å². The van der Waals surface area contributed by atoms with Crippen LogP contribution in [0.5, 0.6) is 5.75 Å². The Morgan fingerprint density at radius 1 is 1.00 bits per heavy atom. The highest BCUT2D eigenvalue weighted by atomic mass is 19.3. The zero-order chi connectivity index (χ0) is 20.3. The third kappa shape index (κ3) is 4.89. The first-order valence-electron chi connectivity index (χ1n) is 9.76. The van der Waals surface area contributed by atoms with Crippen LogP contribution in [0, 0.1) is 0 Å². The number of carbonyl (C=O) groups is 1. The molecule has 0 spiro atoms. The molecule has 2 aromatic carbocycles. The van der Waals surface area contributed by atoms with Crippen LogP contribution in [0.25, 0.3) is 0 Å². The maximum atomic E-state index is 12.9. The van der Waals surface area contributed by atoms with Crippen LogP contribution in [-0.4, -0.2) is 12.5 Å². The lowest BCUT2D eigenvalue weighted by molar-refractivity contribution is -0.0501. The first kappa shape index (κ1) is 20.3. The van der Waals surface area contributed by atoms with Crippen molar-refractivity contribution < 1.29 is 18.3 Å². The van der Waals surface area contributed by atoms with Gasteiger partial charge in [-0.25, -0.2) is 0 Å². The van der Waals surface area contributed by atoms with E-state index < -0.39 is 12.5 Å². The van der Waals surface area contributed by atoms with Gasteiger partial charge >= 0.3 is 6.61 Å². The normalized spacial score (nSPS) is 14.4. The highest BCUT2D eigenvalue weighted by molar-refractivity contribution is 6.06. The third-order valence-corrected chi connectivity index (χ3v) is 5.16. The molecule has 28 heavy (non-hydrogen) atoms. The number of nitrogens with one attached hydrogen (secondary N) is 1. The second kappa shape index (κ2) is 8.29. The zero-order valence-corrected chi connectivity index (χ0v) is 16.6. The number of ether oxygens (including phenoxy) is 1. The molecule has 3 rings (SSSR count). The van der Waals surface area contributed by atoms with Gasteiger partial charge in [-0.05, 0) is 72.1 Å². The minimum atomic E-state index is -2.97. The van der Waals surface area contributed by atoms with Crippen LogP contribution in [0.15, 0.2) is 36.4 Å². The number of rotatable bonds is 4. The Labute approximate surface area is 165 Å². The maximum absolute atomic E-state index is 12.9. The molecule has 3 nitrogen and oxygen atoms in total. The molecular formula is C23H27F2NO2. The Kier molecular flexibility index (Phi) is 6.01. The van der Waals surface area contributed by atoms with E-state index in [1.165, 1.54) is 0 Å². The molecule has 1 amide bonds. The van der Waals surface area contributed by atoms with Crippen LogP contribution in [0.1, 0.15) is 67.1 Å². The van der Waals surface area contributed by atoms with Gasteiger partial charge in [0.1, 0.15) is 5.75 Å². The van der Waals surface area contributed by atoms with E-state index in [0.29, 0.717) is 5.69 Å². The van der Waals surface area contributed by atoms with Gasteiger partial charge in [-0.3, -0.25) is 4.79 Å². The molecule has 0 aromatic heterocycles. The topological polar surface area (TPSA) is 38.3 Å². The van der Waals surface area contributed by atoms with Gasteiger partial charge in [0.2, 0.25) is 0 Å². The highest BCUT2D eigenvalue weighted by Crippen LogP contribution is 2.31. The second-order valence-corrected chi connectivity index (χ2v) is 8.34. The molecule has 0 heterocycles. The van der Waals surface area contributed by atoms with Gasteiger partial charge in [-0.1, -0.05) is 39.3 Å². The van der Waals surface area contributed by atoms with Crippen molar-refractivity contribution in [3.05, 3.63) is 58.7 Å². The molecule has 0 saturated heterocycles. The third-order valence-electron chi connectivity index (χ3n) is 5.16. The first-order valence-corrected chi connectivity index (χ1v) is 9.76. The SMILES string of the molecule is CC(C)(C)c1ccc(NC(=O)c2cc3c(cc2OC(F)F)CCCCC3)cc1. The van der Waals surface area contributed by atoms with Gasteiger partial charge in [-0.2, -0.15) is 8.78 Å². The molecule has 5 heteroatoms. The van der Waals surface area contributed by atoms with Crippen LogP contribution >= 0.6 is 0 Å². The van der Waals surface area contributed by atoms with E-state index >= 15 is 0 Å². The molecule has 2 aromatic rings. The number of aryl methyl sites for hydroxylation is 2. The van der Waals surface area contributed by atoms with Crippen LogP contribution in [0.3, 0.4) is 0 Å². The summed E-state index contributed by atoms with van der Waals surface area (Å²) in [4.78, 5) is 12.8. The Bertz CT molecular complexity index is 839. The molecule has 0 saturated carbocycles. The lowest BCUT2D eigenvalue weighted by atomic mass is 9.87. The minimum absolute atomic E-state index is 0.0117. The molecule has 150 valence electrons. The van der Waals surface area contributed by atoms with Crippen LogP contribution in [-0.2, 0) is 18.3 Å². The molecule has 0 aliphatic heterocycles. The summed E-state index contributed by atoms with van der Waals surface area (Å²) in [7, 11) is 0. The fourth-order valence-electron chi connectivity index (χ4n) is 3.56. The van der Waals surface area contributed by atoms with E-state index in [0.717, 1.165) is 48.8 Å². The Morgan fingerprint density at radius 2 is 1.61 bits per heavy atom. The number of hydrogen-bond acceptors (Lipinski definition) is 2. The summed E-state index contributed by atoms with van der Waals surface area (Å²) in [5.41, 5.74) is 3.98. The van der Waals surface area contributed by atoms with Gasteiger partial charge < -0.3 is 10.1 Å². The van der Waals surface area contributed by atoms with Gasteiger partial charge in [0.05, 0.1) is 5.56 Å². The van der Waals surface area contributed by atoms with Crippen LogP contribution in [0.2, 0.25) is 0 Å². The van der Waals surface area contributed by atoms with Crippen LogP contribution < -0.4 is 10.1 Å². The number of alkyl halides is 2. The van der Waals surface area contributed by atoms with Crippen molar-refractivity contribution in [2.45, 2.75) is 64.9 Å². The Hall–Kier alpha value is -2.43. The molecule has 1 aliphatic rings. The molecule has 0 atom stereocenters. The summed E-state index contributed by atoms with van der Waals surface area (Å²) in [6.07, 6.45) is 4.83. The van der Waals surface area contributed by atoms with Gasteiger partial charge in [0.15, 0.2) is 0 Å². The van der Waals surface area contributed by atoms with Gasteiger partial charge in [-0.15, -0.1) is 0 Å². The molecule has 0 bridgehead atoms. The highest BCUT2D eigenvalue weighted by Gasteiger charge is 2.21. The second-order valence-electron chi connectivity index (χ2n) is 8.34. The number of hydrogen-bond donors (Lipinski definition) is 1. The smallest absolute Gasteiger partial charge is 0.387 e. The number of carbonyl (C=O) groups excluding carboxylic acids is 1. The van der Waals surface area contributed by atoms with Crippen molar-refractivity contribution in [3.63, 3.8) is 0 Å². The van der Waals surface area contributed by atoms with Crippen molar-refractivity contribution in [1.82, 2.24) is 0 Å². The summed E-state index contributed by atoms with van der Waals surface area (Å²) in [5, 5.41) is 2.81. The molecule has 1 aliphatic carbocycles. The predicted molar refractivity (Wildman–Crippen MR) is 107 cm³/mol. The monoisotopic (exact) mass is 387 g/mol. The van der Waals surface area contributed by atoms with Crippen molar-refractivity contribution in [2.24, 2.45) is 0 Å². The molecule has 1 N–H and O–H groups in total. The number of anilines is 1. The summed E-state index contributed by atoms with van der Waals surface area (Å²) in [6.45, 7) is 3.38. The van der Waals surface area contributed by atoms with Crippen molar-refractivity contribution in [1.29, 1.82) is 0 Å². The van der Waals surface area contributed by atoms with E-state index in [4.69, 9.17) is 0 Å². The Morgan fingerprint density at radius 3 is 2.18 bits per heavy atom. The van der Waals surface area contributed by atoms with Crippen molar-refractivity contribution in [2.75, 3.05) is 5.32 Å². The summed E-state index contributed by atoms with van der Waals surface area (Å²) in [5.74, 6) is -0.495. The molecular weight excluding hydrogens is 360 g/mol. The van der Waals surface area contributed by atoms with E-state index in [1.54, 1.807) is 12.1 Å². The fourth-order valence-corrected chi connectivity index (χ4v) is 3.56. The zero-order valence-electron chi connectivity index (χ0n) is 16.6. The number of benzene rings is 2. The van der Waals surface area contributed by atoms with E-state index in [-0.39, 0.29) is 16.7 Å². The average Bonchev–Trinajstić information content (AvgIpc) is 2.85. The van der Waals surface area contributed by atoms with E-state index in [9.17, 15) is 13.6 Å². The standard InChI is InChI=1S/C23H27F2NO2/c1-23(2,3)17-9-11-18(12-10-17)26-21(27)19-13-15-7-5-4-6-8-16(15)14-20(19)28-22(24)25/h9-14,22H,4-8H2,1-3H3,(H,26,27). The number of amides is 1. The first-order chi connectivity index (χ1) is 13.2. The summed E-state index contributed by atoms with van der Waals surface area (Å²) in [6, 6.07) is 10.9. The van der Waals surface area contributed by atoms with E-state index in [2.05, 4.69) is 30.8 Å².